The van der Waals surface area contributed by atoms with Crippen LogP contribution < -0.4 is 10.1 Å². The molecule has 0 saturated heterocycles. The Balaban J connectivity index is 2.06. The Hall–Kier alpha value is -2.34. The van der Waals surface area contributed by atoms with Gasteiger partial charge in [-0.05, 0) is 42.7 Å². The standard InChI is InChI=1S/C15H14N2O3S/c1-10(18)17-12-3-5-13(6-4-12)20-15(19)11-7-8-16-14(9-11)21-2/h3-9H,1-2H3,(H,17,18). The van der Waals surface area contributed by atoms with Gasteiger partial charge in [-0.2, -0.15) is 0 Å². The van der Waals surface area contributed by atoms with Crippen LogP contribution in [0.5, 0.6) is 5.75 Å². The molecule has 0 unspecified atom stereocenters. The van der Waals surface area contributed by atoms with Crippen molar-refractivity contribution in [2.24, 2.45) is 0 Å². The van der Waals surface area contributed by atoms with E-state index in [-0.39, 0.29) is 5.91 Å². The van der Waals surface area contributed by atoms with Crippen LogP contribution in [0.1, 0.15) is 17.3 Å². The maximum atomic E-state index is 12.0. The molecule has 1 N–H and O–H groups in total. The highest BCUT2D eigenvalue weighted by atomic mass is 32.2. The van der Waals surface area contributed by atoms with Gasteiger partial charge in [-0.25, -0.2) is 9.78 Å². The van der Waals surface area contributed by atoms with Crippen molar-refractivity contribution in [1.29, 1.82) is 0 Å². The van der Waals surface area contributed by atoms with Crippen molar-refractivity contribution < 1.29 is 14.3 Å². The number of pyridine rings is 1. The number of benzene rings is 1. The predicted octanol–water partition coefficient (Wildman–Crippen LogP) is 2.98. The maximum Gasteiger partial charge on any atom is 0.343 e. The van der Waals surface area contributed by atoms with Crippen LogP contribution in [0.4, 0.5) is 5.69 Å². The van der Waals surface area contributed by atoms with Crippen LogP contribution in [0, 0.1) is 0 Å². The van der Waals surface area contributed by atoms with Gasteiger partial charge in [0, 0.05) is 18.8 Å². The normalized spacial score (nSPS) is 10.0. The summed E-state index contributed by atoms with van der Waals surface area (Å²) in [6.07, 6.45) is 3.46. The van der Waals surface area contributed by atoms with Gasteiger partial charge in [0.05, 0.1) is 10.6 Å². The van der Waals surface area contributed by atoms with Gasteiger partial charge in [0.2, 0.25) is 5.91 Å². The predicted molar refractivity (Wildman–Crippen MR) is 81.7 cm³/mol. The molecule has 0 saturated carbocycles. The van der Waals surface area contributed by atoms with Crippen molar-refractivity contribution >= 4 is 29.3 Å². The number of thioether (sulfide) groups is 1. The summed E-state index contributed by atoms with van der Waals surface area (Å²) in [5, 5.41) is 3.40. The fourth-order valence-electron chi connectivity index (χ4n) is 1.62. The Morgan fingerprint density at radius 3 is 2.52 bits per heavy atom. The lowest BCUT2D eigenvalue weighted by molar-refractivity contribution is -0.114. The fourth-order valence-corrected chi connectivity index (χ4v) is 2.03. The molecule has 1 aromatic carbocycles. The monoisotopic (exact) mass is 302 g/mol. The zero-order chi connectivity index (χ0) is 15.2. The minimum atomic E-state index is -0.444. The smallest absolute Gasteiger partial charge is 0.343 e. The molecular weight excluding hydrogens is 288 g/mol. The van der Waals surface area contributed by atoms with Gasteiger partial charge in [0.25, 0.3) is 0 Å². The van der Waals surface area contributed by atoms with Crippen molar-refractivity contribution in [3.8, 4) is 5.75 Å². The number of hydrogen-bond donors (Lipinski definition) is 1. The van der Waals surface area contributed by atoms with Crippen LogP contribution in [0.2, 0.25) is 0 Å². The van der Waals surface area contributed by atoms with E-state index in [1.165, 1.54) is 18.7 Å². The number of anilines is 1. The van der Waals surface area contributed by atoms with Crippen LogP contribution in [-0.2, 0) is 4.79 Å². The Morgan fingerprint density at radius 2 is 1.90 bits per heavy atom. The SMILES string of the molecule is CSc1cc(C(=O)Oc2ccc(NC(C)=O)cc2)ccn1. The third kappa shape index (κ3) is 4.32. The van der Waals surface area contributed by atoms with E-state index >= 15 is 0 Å². The number of carbonyl (C=O) groups is 2. The molecule has 0 aliphatic heterocycles. The van der Waals surface area contributed by atoms with Gasteiger partial charge in [-0.1, -0.05) is 0 Å². The first kappa shape index (κ1) is 15.1. The molecule has 5 nitrogen and oxygen atoms in total. The first-order valence-corrected chi connectivity index (χ1v) is 7.41. The third-order valence-electron chi connectivity index (χ3n) is 2.56. The summed E-state index contributed by atoms with van der Waals surface area (Å²) in [5.41, 5.74) is 1.09. The molecule has 0 fully saturated rings. The van der Waals surface area contributed by atoms with E-state index in [4.69, 9.17) is 4.74 Å². The van der Waals surface area contributed by atoms with Gasteiger partial charge in [-0.3, -0.25) is 4.79 Å². The molecule has 0 radical (unpaired) electrons. The van der Waals surface area contributed by atoms with Gasteiger partial charge in [-0.15, -0.1) is 11.8 Å². The second-order valence-electron chi connectivity index (χ2n) is 4.18. The Bertz CT molecular complexity index is 656. The summed E-state index contributed by atoms with van der Waals surface area (Å²) in [6, 6.07) is 9.87. The number of esters is 1. The second kappa shape index (κ2) is 6.90. The topological polar surface area (TPSA) is 68.3 Å². The van der Waals surface area contributed by atoms with E-state index in [1.807, 2.05) is 6.26 Å². The van der Waals surface area contributed by atoms with Gasteiger partial charge < -0.3 is 10.1 Å². The third-order valence-corrected chi connectivity index (χ3v) is 3.21. The van der Waals surface area contributed by atoms with Crippen LogP contribution in [0.3, 0.4) is 0 Å². The lowest BCUT2D eigenvalue weighted by Gasteiger charge is -2.06. The number of rotatable bonds is 4. The highest BCUT2D eigenvalue weighted by Crippen LogP contribution is 2.18. The molecule has 1 aromatic heterocycles. The average Bonchev–Trinajstić information content (AvgIpc) is 2.49. The molecule has 0 spiro atoms. The van der Waals surface area contributed by atoms with Gasteiger partial charge in [0.1, 0.15) is 5.75 Å². The first-order chi connectivity index (χ1) is 10.1. The van der Waals surface area contributed by atoms with Crippen molar-refractivity contribution in [3.05, 3.63) is 48.2 Å². The number of aromatic nitrogens is 1. The summed E-state index contributed by atoms with van der Waals surface area (Å²) in [4.78, 5) is 27.0. The van der Waals surface area contributed by atoms with Gasteiger partial charge in [0.15, 0.2) is 0 Å². The second-order valence-corrected chi connectivity index (χ2v) is 5.01. The van der Waals surface area contributed by atoms with Crippen molar-refractivity contribution in [1.82, 2.24) is 4.98 Å². The summed E-state index contributed by atoms with van der Waals surface area (Å²) in [6.45, 7) is 1.43. The molecule has 1 amide bonds. The molecule has 2 rings (SSSR count). The first-order valence-electron chi connectivity index (χ1n) is 6.18. The molecule has 6 heteroatoms. The zero-order valence-electron chi connectivity index (χ0n) is 11.6. The molecular formula is C15H14N2O3S. The highest BCUT2D eigenvalue weighted by Gasteiger charge is 2.09. The van der Waals surface area contributed by atoms with E-state index < -0.39 is 5.97 Å². The number of carbonyl (C=O) groups excluding carboxylic acids is 2. The summed E-state index contributed by atoms with van der Waals surface area (Å²) >= 11 is 1.46. The maximum absolute atomic E-state index is 12.0. The number of amides is 1. The fraction of sp³-hybridized carbons (Fsp3) is 0.133. The van der Waals surface area contributed by atoms with Crippen LogP contribution in [-0.4, -0.2) is 23.1 Å². The summed E-state index contributed by atoms with van der Waals surface area (Å²) in [5.74, 6) is -0.183. The van der Waals surface area contributed by atoms with E-state index in [2.05, 4.69) is 10.3 Å². The van der Waals surface area contributed by atoms with Gasteiger partial charge >= 0.3 is 5.97 Å². The molecule has 0 atom stereocenters. The van der Waals surface area contributed by atoms with E-state index in [0.29, 0.717) is 17.0 Å². The quantitative estimate of drug-likeness (QED) is 0.534. The summed E-state index contributed by atoms with van der Waals surface area (Å²) in [7, 11) is 0. The molecule has 0 bridgehead atoms. The number of hydrogen-bond acceptors (Lipinski definition) is 5. The molecule has 2 aromatic rings. The van der Waals surface area contributed by atoms with E-state index in [0.717, 1.165) is 5.03 Å². The largest absolute Gasteiger partial charge is 0.423 e. The zero-order valence-corrected chi connectivity index (χ0v) is 12.4. The minimum Gasteiger partial charge on any atom is -0.423 e. The lowest BCUT2D eigenvalue weighted by atomic mass is 10.2. The van der Waals surface area contributed by atoms with Crippen LogP contribution in [0.25, 0.3) is 0 Å². The van der Waals surface area contributed by atoms with Crippen molar-refractivity contribution in [2.45, 2.75) is 11.9 Å². The van der Waals surface area contributed by atoms with Crippen LogP contribution in [0.15, 0.2) is 47.6 Å². The molecule has 108 valence electrons. The Kier molecular flexibility index (Phi) is 4.94. The van der Waals surface area contributed by atoms with Crippen molar-refractivity contribution in [2.75, 3.05) is 11.6 Å². The molecule has 0 aliphatic rings. The molecule has 1 heterocycles. The number of ether oxygens (including phenoxy) is 1. The van der Waals surface area contributed by atoms with Crippen molar-refractivity contribution in [3.63, 3.8) is 0 Å². The average molecular weight is 302 g/mol. The molecule has 21 heavy (non-hydrogen) atoms. The lowest BCUT2D eigenvalue weighted by Crippen LogP contribution is -2.09. The molecule has 0 aliphatic carbocycles. The minimum absolute atomic E-state index is 0.152. The Labute approximate surface area is 126 Å². The van der Waals surface area contributed by atoms with Crippen LogP contribution >= 0.6 is 11.8 Å². The summed E-state index contributed by atoms with van der Waals surface area (Å²) < 4.78 is 5.27. The highest BCUT2D eigenvalue weighted by molar-refractivity contribution is 7.98. The van der Waals surface area contributed by atoms with E-state index in [1.54, 1.807) is 42.6 Å². The number of nitrogens with one attached hydrogen (secondary N) is 1. The van der Waals surface area contributed by atoms with E-state index in [9.17, 15) is 9.59 Å². The Morgan fingerprint density at radius 1 is 1.19 bits per heavy atom. The number of nitrogens with zero attached hydrogens (tertiary/aromatic N) is 1.